The van der Waals surface area contributed by atoms with Gasteiger partial charge in [-0.15, -0.1) is 0 Å². The smallest absolute Gasteiger partial charge is 0.144 e. The fourth-order valence-corrected chi connectivity index (χ4v) is 4.48. The van der Waals surface area contributed by atoms with Crippen LogP contribution in [0, 0.1) is 0 Å². The van der Waals surface area contributed by atoms with E-state index in [1.54, 1.807) is 0 Å². The van der Waals surface area contributed by atoms with Crippen molar-refractivity contribution < 1.29 is 4.42 Å². The Morgan fingerprint density at radius 1 is 0.833 bits per heavy atom. The molecule has 5 rings (SSSR count). The number of furan rings is 1. The molecule has 0 saturated heterocycles. The summed E-state index contributed by atoms with van der Waals surface area (Å²) in [7, 11) is 0. The van der Waals surface area contributed by atoms with Gasteiger partial charge in [0.05, 0.1) is 5.69 Å². The second-order valence-electron chi connectivity index (χ2n) is 8.50. The van der Waals surface area contributed by atoms with E-state index in [2.05, 4.69) is 87.0 Å². The van der Waals surface area contributed by atoms with E-state index in [0.717, 1.165) is 22.6 Å². The molecule has 0 spiro atoms. The number of fused-ring (bicyclic) bond motifs is 3. The predicted molar refractivity (Wildman–Crippen MR) is 124 cm³/mol. The lowest BCUT2D eigenvalue weighted by Gasteiger charge is -2.23. The highest BCUT2D eigenvalue weighted by molar-refractivity contribution is 6.08. The number of rotatable bonds is 4. The van der Waals surface area contributed by atoms with Gasteiger partial charge in [0.2, 0.25) is 0 Å². The van der Waals surface area contributed by atoms with Gasteiger partial charge in [-0.05, 0) is 35.1 Å². The number of nitrogens with zero attached hydrogens (tertiary/aromatic N) is 2. The third-order valence-corrected chi connectivity index (χ3v) is 5.82. The van der Waals surface area contributed by atoms with Crippen LogP contribution < -0.4 is 0 Å². The Morgan fingerprint density at radius 2 is 1.57 bits per heavy atom. The van der Waals surface area contributed by atoms with Crippen molar-refractivity contribution in [1.82, 2.24) is 9.55 Å². The summed E-state index contributed by atoms with van der Waals surface area (Å²) < 4.78 is 8.56. The average molecular weight is 395 g/mol. The Hall–Kier alpha value is -3.33. The SMILES string of the molecule is CC(C)c1cc2oc3ccccc3c2c(C(C)C)c1-n1ccnc1-c1ccccc1. The summed E-state index contributed by atoms with van der Waals surface area (Å²) in [5, 5.41) is 2.39. The molecule has 3 heteroatoms. The van der Waals surface area contributed by atoms with E-state index >= 15 is 0 Å². The van der Waals surface area contributed by atoms with Crippen LogP contribution in [0.3, 0.4) is 0 Å². The Morgan fingerprint density at radius 3 is 2.30 bits per heavy atom. The highest BCUT2D eigenvalue weighted by atomic mass is 16.3. The first-order valence-electron chi connectivity index (χ1n) is 10.6. The van der Waals surface area contributed by atoms with E-state index in [9.17, 15) is 0 Å². The first-order valence-corrected chi connectivity index (χ1v) is 10.6. The van der Waals surface area contributed by atoms with Crippen molar-refractivity contribution in [2.24, 2.45) is 0 Å². The summed E-state index contributed by atoms with van der Waals surface area (Å²) in [6, 6.07) is 21.0. The van der Waals surface area contributed by atoms with Crippen LogP contribution in [-0.2, 0) is 0 Å². The monoisotopic (exact) mass is 394 g/mol. The van der Waals surface area contributed by atoms with Crippen LogP contribution in [0.5, 0.6) is 0 Å². The Kier molecular flexibility index (Phi) is 4.47. The molecule has 0 N–H and O–H groups in total. The molecule has 30 heavy (non-hydrogen) atoms. The molecule has 0 aliphatic carbocycles. The van der Waals surface area contributed by atoms with Crippen molar-refractivity contribution in [2.45, 2.75) is 39.5 Å². The van der Waals surface area contributed by atoms with Crippen LogP contribution in [0.25, 0.3) is 39.0 Å². The summed E-state index contributed by atoms with van der Waals surface area (Å²) in [6.07, 6.45) is 3.98. The van der Waals surface area contributed by atoms with Gasteiger partial charge < -0.3 is 4.42 Å². The third kappa shape index (κ3) is 2.85. The Balaban J connectivity index is 1.93. The standard InChI is InChI=1S/C27H26N2O/c1-17(2)21-16-23-25(20-12-8-9-13-22(20)30-23)24(18(3)4)26(21)29-15-14-28-27(29)19-10-6-5-7-11-19/h5-18H,1-4H3. The number of hydrogen-bond acceptors (Lipinski definition) is 2. The molecule has 0 bridgehead atoms. The molecule has 2 aromatic heterocycles. The molecular formula is C27H26N2O. The molecule has 3 nitrogen and oxygen atoms in total. The van der Waals surface area contributed by atoms with Crippen molar-refractivity contribution in [3.05, 3.63) is 84.2 Å². The van der Waals surface area contributed by atoms with Gasteiger partial charge in [-0.25, -0.2) is 4.98 Å². The van der Waals surface area contributed by atoms with E-state index in [1.165, 1.54) is 27.6 Å². The molecule has 0 aliphatic heterocycles. The van der Waals surface area contributed by atoms with Gasteiger partial charge in [0, 0.05) is 28.7 Å². The van der Waals surface area contributed by atoms with Crippen molar-refractivity contribution in [3.63, 3.8) is 0 Å². The van der Waals surface area contributed by atoms with Crippen LogP contribution in [0.15, 0.2) is 77.5 Å². The van der Waals surface area contributed by atoms with Gasteiger partial charge >= 0.3 is 0 Å². The molecule has 3 aromatic carbocycles. The molecule has 0 amide bonds. The van der Waals surface area contributed by atoms with Crippen LogP contribution in [-0.4, -0.2) is 9.55 Å². The maximum absolute atomic E-state index is 6.30. The maximum Gasteiger partial charge on any atom is 0.144 e. The van der Waals surface area contributed by atoms with E-state index in [0.29, 0.717) is 11.8 Å². The zero-order chi connectivity index (χ0) is 20.8. The minimum absolute atomic E-state index is 0.327. The highest BCUT2D eigenvalue weighted by Gasteiger charge is 2.24. The zero-order valence-electron chi connectivity index (χ0n) is 17.9. The highest BCUT2D eigenvalue weighted by Crippen LogP contribution is 2.42. The number of para-hydroxylation sites is 1. The second-order valence-corrected chi connectivity index (χ2v) is 8.50. The van der Waals surface area contributed by atoms with Gasteiger partial charge in [-0.3, -0.25) is 4.57 Å². The van der Waals surface area contributed by atoms with Gasteiger partial charge in [-0.1, -0.05) is 76.2 Å². The van der Waals surface area contributed by atoms with Crippen LogP contribution in [0.1, 0.15) is 50.7 Å². The molecule has 0 atom stereocenters. The first-order chi connectivity index (χ1) is 14.6. The summed E-state index contributed by atoms with van der Waals surface area (Å²) in [5.41, 5.74) is 6.85. The topological polar surface area (TPSA) is 31.0 Å². The molecule has 150 valence electrons. The fraction of sp³-hybridized carbons (Fsp3) is 0.222. The quantitative estimate of drug-likeness (QED) is 0.313. The maximum atomic E-state index is 6.30. The number of hydrogen-bond donors (Lipinski definition) is 0. The van der Waals surface area contributed by atoms with Crippen molar-refractivity contribution in [3.8, 4) is 17.1 Å². The molecular weight excluding hydrogens is 368 g/mol. The second kappa shape index (κ2) is 7.17. The third-order valence-electron chi connectivity index (χ3n) is 5.82. The van der Waals surface area contributed by atoms with Crippen molar-refractivity contribution in [2.75, 3.05) is 0 Å². The van der Waals surface area contributed by atoms with Crippen molar-refractivity contribution >= 4 is 21.9 Å². The summed E-state index contributed by atoms with van der Waals surface area (Å²) in [5.74, 6) is 1.64. The van der Waals surface area contributed by atoms with Crippen LogP contribution in [0.4, 0.5) is 0 Å². The number of benzene rings is 3. The molecule has 0 fully saturated rings. The largest absolute Gasteiger partial charge is 0.456 e. The van der Waals surface area contributed by atoms with Gasteiger partial charge in [0.25, 0.3) is 0 Å². The van der Waals surface area contributed by atoms with Gasteiger partial charge in [0.15, 0.2) is 0 Å². The van der Waals surface area contributed by atoms with Crippen LogP contribution >= 0.6 is 0 Å². The van der Waals surface area contributed by atoms with E-state index in [4.69, 9.17) is 9.40 Å². The molecule has 2 heterocycles. The van der Waals surface area contributed by atoms with Gasteiger partial charge in [-0.2, -0.15) is 0 Å². The fourth-order valence-electron chi connectivity index (χ4n) is 4.48. The molecule has 0 saturated carbocycles. The van der Waals surface area contributed by atoms with Crippen LogP contribution in [0.2, 0.25) is 0 Å². The summed E-state index contributed by atoms with van der Waals surface area (Å²) in [6.45, 7) is 9.03. The molecule has 0 radical (unpaired) electrons. The summed E-state index contributed by atoms with van der Waals surface area (Å²) >= 11 is 0. The zero-order valence-corrected chi connectivity index (χ0v) is 17.9. The molecule has 0 unspecified atom stereocenters. The Labute approximate surface area is 177 Å². The van der Waals surface area contributed by atoms with Crippen molar-refractivity contribution in [1.29, 1.82) is 0 Å². The molecule has 0 aliphatic rings. The van der Waals surface area contributed by atoms with E-state index < -0.39 is 0 Å². The molecule has 5 aromatic rings. The normalized spacial score (nSPS) is 11.9. The van der Waals surface area contributed by atoms with Gasteiger partial charge in [0.1, 0.15) is 17.0 Å². The predicted octanol–water partition coefficient (Wildman–Crippen LogP) is 7.69. The number of imidazole rings is 1. The minimum Gasteiger partial charge on any atom is -0.456 e. The van der Waals surface area contributed by atoms with E-state index in [-0.39, 0.29) is 0 Å². The lowest BCUT2D eigenvalue weighted by atomic mass is 9.88. The Bertz CT molecular complexity index is 1340. The first kappa shape index (κ1) is 18.7. The van der Waals surface area contributed by atoms with E-state index in [1.807, 2.05) is 18.3 Å². The lowest BCUT2D eigenvalue weighted by Crippen LogP contribution is -2.08. The average Bonchev–Trinajstić information content (AvgIpc) is 3.37. The number of aromatic nitrogens is 2. The summed E-state index contributed by atoms with van der Waals surface area (Å²) in [4.78, 5) is 4.73. The minimum atomic E-state index is 0.327. The lowest BCUT2D eigenvalue weighted by molar-refractivity contribution is 0.665.